The number of aromatic nitrogens is 3. The first-order valence-corrected chi connectivity index (χ1v) is 9.43. The van der Waals surface area contributed by atoms with E-state index in [1.54, 1.807) is 24.5 Å². The third kappa shape index (κ3) is 4.43. The van der Waals surface area contributed by atoms with E-state index in [0.717, 1.165) is 24.9 Å². The molecule has 1 fully saturated rings. The molecule has 4 rings (SSSR count). The van der Waals surface area contributed by atoms with E-state index in [0.29, 0.717) is 30.4 Å². The summed E-state index contributed by atoms with van der Waals surface area (Å²) in [7, 11) is 0. The van der Waals surface area contributed by atoms with Gasteiger partial charge in [0, 0.05) is 31.4 Å². The van der Waals surface area contributed by atoms with E-state index < -0.39 is 0 Å². The van der Waals surface area contributed by atoms with Crippen molar-refractivity contribution in [2.45, 2.75) is 32.0 Å². The molecule has 3 heterocycles. The molecule has 3 aromatic rings. The van der Waals surface area contributed by atoms with Crippen LogP contribution < -0.4 is 0 Å². The molecule has 2 aromatic heterocycles. The number of likely N-dealkylation sites (tertiary alicyclic amines) is 1. The van der Waals surface area contributed by atoms with Crippen molar-refractivity contribution in [3.63, 3.8) is 0 Å². The van der Waals surface area contributed by atoms with Crippen LogP contribution in [0.15, 0.2) is 59.4 Å². The number of rotatable bonds is 6. The lowest BCUT2D eigenvalue weighted by Gasteiger charge is -2.31. The van der Waals surface area contributed by atoms with Crippen molar-refractivity contribution >= 4 is 5.91 Å². The number of hydrogen-bond acceptors (Lipinski definition) is 6. The lowest BCUT2D eigenvalue weighted by molar-refractivity contribution is 0.0703. The Labute approximate surface area is 163 Å². The largest absolute Gasteiger partial charge is 0.367 e. The van der Waals surface area contributed by atoms with Crippen molar-refractivity contribution in [3.8, 4) is 0 Å². The quantitative estimate of drug-likeness (QED) is 0.655. The van der Waals surface area contributed by atoms with Crippen LogP contribution in [0, 0.1) is 0 Å². The Morgan fingerprint density at radius 2 is 2.07 bits per heavy atom. The van der Waals surface area contributed by atoms with Crippen molar-refractivity contribution in [3.05, 3.63) is 77.7 Å². The van der Waals surface area contributed by atoms with Crippen LogP contribution in [0.1, 0.15) is 46.4 Å². The number of carbonyl (C=O) groups excluding carboxylic acids is 1. The van der Waals surface area contributed by atoms with Gasteiger partial charge in [-0.2, -0.15) is 4.98 Å². The smallest absolute Gasteiger partial charge is 0.255 e. The van der Waals surface area contributed by atoms with Crippen molar-refractivity contribution < 1.29 is 14.1 Å². The summed E-state index contributed by atoms with van der Waals surface area (Å²) in [6, 6.07) is 13.5. The summed E-state index contributed by atoms with van der Waals surface area (Å²) in [5.41, 5.74) is 1.70. The van der Waals surface area contributed by atoms with E-state index in [1.165, 1.54) is 0 Å². The van der Waals surface area contributed by atoms with Gasteiger partial charge in [0.1, 0.15) is 6.61 Å². The molecule has 1 amide bonds. The average molecular weight is 378 g/mol. The summed E-state index contributed by atoms with van der Waals surface area (Å²) < 4.78 is 11.0. The second-order valence-electron chi connectivity index (χ2n) is 6.86. The molecular formula is C21H22N4O3. The maximum absolute atomic E-state index is 12.7. The van der Waals surface area contributed by atoms with Crippen LogP contribution in [0.25, 0.3) is 0 Å². The number of piperidine rings is 1. The molecule has 0 spiro atoms. The third-order valence-electron chi connectivity index (χ3n) is 4.80. The lowest BCUT2D eigenvalue weighted by Crippen LogP contribution is -2.39. The van der Waals surface area contributed by atoms with Gasteiger partial charge in [0.25, 0.3) is 11.8 Å². The van der Waals surface area contributed by atoms with Gasteiger partial charge in [-0.05, 0) is 30.5 Å². The fourth-order valence-corrected chi connectivity index (χ4v) is 3.37. The zero-order chi connectivity index (χ0) is 19.2. The predicted octanol–water partition coefficient (Wildman–Crippen LogP) is 3.20. The normalized spacial score (nSPS) is 16.9. The molecule has 144 valence electrons. The summed E-state index contributed by atoms with van der Waals surface area (Å²) in [6.07, 6.45) is 5.10. The molecule has 1 unspecified atom stereocenters. The number of amides is 1. The van der Waals surface area contributed by atoms with Crippen LogP contribution in [0.2, 0.25) is 0 Å². The van der Waals surface area contributed by atoms with Crippen molar-refractivity contribution in [1.82, 2.24) is 20.0 Å². The molecule has 1 saturated heterocycles. The first kappa shape index (κ1) is 18.3. The number of benzene rings is 1. The molecule has 1 aliphatic heterocycles. The molecule has 7 heteroatoms. The Bertz CT molecular complexity index is 898. The Hall–Kier alpha value is -3.06. The number of hydrogen-bond donors (Lipinski definition) is 0. The molecule has 0 bridgehead atoms. The summed E-state index contributed by atoms with van der Waals surface area (Å²) in [4.78, 5) is 23.0. The van der Waals surface area contributed by atoms with Crippen LogP contribution in [-0.2, 0) is 18.0 Å². The first-order chi connectivity index (χ1) is 13.8. The molecule has 0 N–H and O–H groups in total. The fourth-order valence-electron chi connectivity index (χ4n) is 3.37. The topological polar surface area (TPSA) is 81.4 Å². The van der Waals surface area contributed by atoms with E-state index in [1.807, 2.05) is 35.2 Å². The number of ether oxygens (including phenoxy) is 1. The highest BCUT2D eigenvalue weighted by atomic mass is 16.5. The van der Waals surface area contributed by atoms with Crippen molar-refractivity contribution in [2.24, 2.45) is 0 Å². The highest BCUT2D eigenvalue weighted by molar-refractivity contribution is 5.93. The van der Waals surface area contributed by atoms with Gasteiger partial charge in [-0.15, -0.1) is 0 Å². The molecule has 0 aliphatic carbocycles. The Morgan fingerprint density at radius 1 is 1.18 bits per heavy atom. The minimum Gasteiger partial charge on any atom is -0.367 e. The first-order valence-electron chi connectivity index (χ1n) is 9.43. The van der Waals surface area contributed by atoms with Gasteiger partial charge in [-0.25, -0.2) is 0 Å². The minimum absolute atomic E-state index is 0.00675. The van der Waals surface area contributed by atoms with Crippen molar-refractivity contribution in [1.29, 1.82) is 0 Å². The summed E-state index contributed by atoms with van der Waals surface area (Å²) >= 11 is 0. The Kier molecular flexibility index (Phi) is 5.72. The van der Waals surface area contributed by atoms with Gasteiger partial charge >= 0.3 is 0 Å². The second-order valence-corrected chi connectivity index (χ2v) is 6.86. The zero-order valence-corrected chi connectivity index (χ0v) is 15.5. The van der Waals surface area contributed by atoms with E-state index in [9.17, 15) is 4.79 Å². The number of pyridine rings is 1. The van der Waals surface area contributed by atoms with Crippen LogP contribution in [-0.4, -0.2) is 39.0 Å². The Morgan fingerprint density at radius 3 is 2.89 bits per heavy atom. The lowest BCUT2D eigenvalue weighted by atomic mass is 9.97. The maximum atomic E-state index is 12.7. The van der Waals surface area contributed by atoms with E-state index in [-0.39, 0.29) is 18.4 Å². The monoisotopic (exact) mass is 378 g/mol. The molecule has 1 atom stereocenters. The van der Waals surface area contributed by atoms with Gasteiger partial charge in [-0.1, -0.05) is 35.5 Å². The van der Waals surface area contributed by atoms with Gasteiger partial charge in [-0.3, -0.25) is 9.78 Å². The molecule has 28 heavy (non-hydrogen) atoms. The summed E-state index contributed by atoms with van der Waals surface area (Å²) in [6.45, 7) is 2.08. The third-order valence-corrected chi connectivity index (χ3v) is 4.80. The highest BCUT2D eigenvalue weighted by Crippen LogP contribution is 2.26. The molecule has 0 saturated carbocycles. The van der Waals surface area contributed by atoms with Crippen molar-refractivity contribution in [2.75, 3.05) is 13.1 Å². The SMILES string of the molecule is O=C(c1cccnc1)N1CCCC(c2noc(COCc3ccccc3)n2)C1. The van der Waals surface area contributed by atoms with E-state index in [2.05, 4.69) is 15.1 Å². The molecule has 7 nitrogen and oxygen atoms in total. The van der Waals surface area contributed by atoms with Crippen LogP contribution in [0.5, 0.6) is 0 Å². The zero-order valence-electron chi connectivity index (χ0n) is 15.5. The predicted molar refractivity (Wildman–Crippen MR) is 101 cm³/mol. The average Bonchev–Trinajstić information content (AvgIpc) is 3.24. The van der Waals surface area contributed by atoms with Gasteiger partial charge in [0.2, 0.25) is 0 Å². The van der Waals surface area contributed by atoms with Gasteiger partial charge < -0.3 is 14.2 Å². The minimum atomic E-state index is -0.00675. The maximum Gasteiger partial charge on any atom is 0.255 e. The van der Waals surface area contributed by atoms with Crippen LogP contribution in [0.4, 0.5) is 0 Å². The van der Waals surface area contributed by atoms with Crippen LogP contribution >= 0.6 is 0 Å². The summed E-state index contributed by atoms with van der Waals surface area (Å²) in [5, 5.41) is 4.12. The molecule has 1 aliphatic rings. The highest BCUT2D eigenvalue weighted by Gasteiger charge is 2.28. The van der Waals surface area contributed by atoms with Gasteiger partial charge in [0.05, 0.1) is 12.2 Å². The Balaban J connectivity index is 1.33. The van der Waals surface area contributed by atoms with Crippen LogP contribution in [0.3, 0.4) is 0 Å². The fraction of sp³-hybridized carbons (Fsp3) is 0.333. The number of nitrogens with zero attached hydrogens (tertiary/aromatic N) is 4. The molecule has 1 aromatic carbocycles. The molecule has 0 radical (unpaired) electrons. The molecular weight excluding hydrogens is 356 g/mol. The van der Waals surface area contributed by atoms with E-state index >= 15 is 0 Å². The standard InChI is InChI=1S/C21H22N4O3/c26-21(17-8-4-10-22-12-17)25-11-5-9-18(13-25)20-23-19(28-24-20)15-27-14-16-6-2-1-3-7-16/h1-4,6-8,10,12,18H,5,9,11,13-15H2. The van der Waals surface area contributed by atoms with E-state index in [4.69, 9.17) is 9.26 Å². The second kappa shape index (κ2) is 8.75. The summed E-state index contributed by atoms with van der Waals surface area (Å²) in [5.74, 6) is 1.16. The number of carbonyl (C=O) groups is 1. The van der Waals surface area contributed by atoms with Gasteiger partial charge in [0.15, 0.2) is 5.82 Å².